The third-order valence-corrected chi connectivity index (χ3v) is 9.95. The fourth-order valence-electron chi connectivity index (χ4n) is 7.07. The van der Waals surface area contributed by atoms with Crippen molar-refractivity contribution in [3.63, 3.8) is 0 Å². The molecule has 14 heteroatoms. The Kier molecular flexibility index (Phi) is 11.4. The smallest absolute Gasteiger partial charge is 0.264 e. The van der Waals surface area contributed by atoms with Gasteiger partial charge in [-0.25, -0.2) is 0 Å². The van der Waals surface area contributed by atoms with Crippen LogP contribution < -0.4 is 21.3 Å². The minimum absolute atomic E-state index is 0.0309. The number of imide groups is 2. The number of nitrogens with zero attached hydrogens (tertiary/aromatic N) is 2. The number of fused-ring (bicyclic) bond motifs is 1. The van der Waals surface area contributed by atoms with Crippen LogP contribution in [0.15, 0.2) is 36.4 Å². The lowest BCUT2D eigenvalue weighted by molar-refractivity contribution is -0.136. The van der Waals surface area contributed by atoms with Crippen molar-refractivity contribution in [1.82, 2.24) is 20.4 Å². The lowest BCUT2D eigenvalue weighted by Gasteiger charge is -2.30. The van der Waals surface area contributed by atoms with E-state index in [9.17, 15) is 38.4 Å². The second-order valence-corrected chi connectivity index (χ2v) is 13.0. The fraction of sp³-hybridized carbons (Fsp3) is 0.444. The van der Waals surface area contributed by atoms with Gasteiger partial charge in [0, 0.05) is 51.4 Å². The maximum absolute atomic E-state index is 13.5. The van der Waals surface area contributed by atoms with Gasteiger partial charge in [0.25, 0.3) is 17.7 Å². The van der Waals surface area contributed by atoms with Crippen LogP contribution in [-0.4, -0.2) is 97.1 Å². The highest BCUT2D eigenvalue weighted by molar-refractivity contribution is 6.25. The fourth-order valence-corrected chi connectivity index (χ4v) is 7.07. The predicted molar refractivity (Wildman–Crippen MR) is 183 cm³/mol. The van der Waals surface area contributed by atoms with E-state index in [0.29, 0.717) is 48.9 Å². The topological polar surface area (TPSA) is 191 Å². The Balaban J connectivity index is 1.16. The standard InChI is InChI=1S/C36H42N6O8/c1-37-32(46)29(10-5-17-43)42-35(49)24-7-4-9-27(31(24)36(42)50)39-19-22-13-11-21(12-14-22)18-38-26-8-3-6-23(25(26)20-44)34(48)41(2)28-15-16-30(45)40-33(28)47/h3-4,6-9,17,20-22,28-29,38-39H,5,10-16,18-19H2,1-2H3,(H,37,46)(H,40,45,47). The van der Waals surface area contributed by atoms with Crippen molar-refractivity contribution in [3.8, 4) is 0 Å². The quantitative estimate of drug-likeness (QED) is 0.170. The van der Waals surface area contributed by atoms with Crippen LogP contribution >= 0.6 is 0 Å². The van der Waals surface area contributed by atoms with Crippen LogP contribution in [0.25, 0.3) is 0 Å². The van der Waals surface area contributed by atoms with Crippen LogP contribution in [0.3, 0.4) is 0 Å². The van der Waals surface area contributed by atoms with E-state index in [1.807, 2.05) is 0 Å². The summed E-state index contributed by atoms with van der Waals surface area (Å²) in [4.78, 5) is 102. The number of carbonyl (C=O) groups is 8. The summed E-state index contributed by atoms with van der Waals surface area (Å²) in [5.74, 6) is -2.40. The first-order valence-corrected chi connectivity index (χ1v) is 16.9. The Morgan fingerprint density at radius 3 is 2.18 bits per heavy atom. The number of hydrogen-bond acceptors (Lipinski definition) is 10. The number of piperidine rings is 1. The molecule has 2 atom stereocenters. The Labute approximate surface area is 289 Å². The van der Waals surface area contributed by atoms with Gasteiger partial charge in [-0.15, -0.1) is 0 Å². The molecule has 2 fully saturated rings. The second kappa shape index (κ2) is 15.9. The van der Waals surface area contributed by atoms with Crippen LogP contribution in [0.4, 0.5) is 11.4 Å². The van der Waals surface area contributed by atoms with Crippen molar-refractivity contribution in [2.45, 2.75) is 63.5 Å². The summed E-state index contributed by atoms with van der Waals surface area (Å²) in [5, 5.41) is 11.4. The van der Waals surface area contributed by atoms with E-state index >= 15 is 0 Å². The minimum Gasteiger partial charge on any atom is -0.384 e. The first-order chi connectivity index (χ1) is 24.1. The summed E-state index contributed by atoms with van der Waals surface area (Å²) in [5.41, 5.74) is 1.89. The van der Waals surface area contributed by atoms with Gasteiger partial charge in [0.1, 0.15) is 18.4 Å². The van der Waals surface area contributed by atoms with Gasteiger partial charge in [-0.05, 0) is 74.6 Å². The molecule has 2 aliphatic heterocycles. The van der Waals surface area contributed by atoms with Gasteiger partial charge in [0.2, 0.25) is 17.7 Å². The van der Waals surface area contributed by atoms with Crippen molar-refractivity contribution < 1.29 is 38.4 Å². The molecule has 264 valence electrons. The monoisotopic (exact) mass is 686 g/mol. The van der Waals surface area contributed by atoms with E-state index in [0.717, 1.165) is 30.6 Å². The second-order valence-electron chi connectivity index (χ2n) is 13.0. The van der Waals surface area contributed by atoms with Crippen LogP contribution in [0.2, 0.25) is 0 Å². The summed E-state index contributed by atoms with van der Waals surface area (Å²) in [6.45, 7) is 1.18. The molecule has 14 nitrogen and oxygen atoms in total. The van der Waals surface area contributed by atoms with Gasteiger partial charge < -0.3 is 25.6 Å². The summed E-state index contributed by atoms with van der Waals surface area (Å²) in [6.07, 6.45) is 5.35. The third-order valence-electron chi connectivity index (χ3n) is 9.95. The number of hydrogen-bond donors (Lipinski definition) is 4. The maximum Gasteiger partial charge on any atom is 0.264 e. The largest absolute Gasteiger partial charge is 0.384 e. The number of anilines is 2. The highest BCUT2D eigenvalue weighted by atomic mass is 16.2. The van der Waals surface area contributed by atoms with E-state index in [1.54, 1.807) is 36.4 Å². The Hall–Kier alpha value is -5.40. The predicted octanol–water partition coefficient (Wildman–Crippen LogP) is 2.40. The molecule has 3 aliphatic rings. The van der Waals surface area contributed by atoms with Gasteiger partial charge in [0.15, 0.2) is 6.29 Å². The zero-order chi connectivity index (χ0) is 35.9. The van der Waals surface area contributed by atoms with Crippen molar-refractivity contribution >= 4 is 59.4 Å². The van der Waals surface area contributed by atoms with E-state index in [2.05, 4.69) is 21.3 Å². The molecule has 2 aromatic rings. The van der Waals surface area contributed by atoms with Crippen LogP contribution in [0, 0.1) is 11.8 Å². The van der Waals surface area contributed by atoms with Crippen molar-refractivity contribution in [2.24, 2.45) is 11.8 Å². The molecule has 1 saturated heterocycles. The SMILES string of the molecule is CNC(=O)C(CCC=O)N1C(=O)c2cccc(NCC3CCC(CNc4cccc(C(=O)N(C)C5CCC(=O)NC5=O)c4C=O)CC3)c2C1=O. The molecule has 2 unspecified atom stereocenters. The molecule has 2 heterocycles. The molecule has 1 aliphatic carbocycles. The van der Waals surface area contributed by atoms with Crippen molar-refractivity contribution in [2.75, 3.05) is 37.8 Å². The number of rotatable bonds is 14. The molecule has 6 amide bonds. The summed E-state index contributed by atoms with van der Waals surface area (Å²) in [6, 6.07) is 8.10. The molecular weight excluding hydrogens is 644 g/mol. The van der Waals surface area contributed by atoms with E-state index in [1.165, 1.54) is 19.0 Å². The number of carbonyl (C=O) groups excluding carboxylic acids is 8. The van der Waals surface area contributed by atoms with E-state index in [-0.39, 0.29) is 53.8 Å². The molecule has 1 saturated carbocycles. The molecule has 0 bridgehead atoms. The van der Waals surface area contributed by atoms with Crippen LogP contribution in [0.5, 0.6) is 0 Å². The van der Waals surface area contributed by atoms with E-state index < -0.39 is 41.6 Å². The maximum atomic E-state index is 13.5. The third kappa shape index (κ3) is 7.43. The van der Waals surface area contributed by atoms with Gasteiger partial charge in [-0.3, -0.25) is 43.8 Å². The zero-order valence-corrected chi connectivity index (χ0v) is 28.2. The van der Waals surface area contributed by atoms with Gasteiger partial charge in [-0.1, -0.05) is 12.1 Å². The lowest BCUT2D eigenvalue weighted by Crippen LogP contribution is -2.53. The summed E-state index contributed by atoms with van der Waals surface area (Å²) >= 11 is 0. The molecule has 0 aromatic heterocycles. The van der Waals surface area contributed by atoms with Gasteiger partial charge >= 0.3 is 0 Å². The van der Waals surface area contributed by atoms with E-state index in [4.69, 9.17) is 0 Å². The first kappa shape index (κ1) is 35.9. The molecule has 0 spiro atoms. The van der Waals surface area contributed by atoms with Crippen LogP contribution in [0.1, 0.15) is 92.8 Å². The number of nitrogens with one attached hydrogen (secondary N) is 4. The van der Waals surface area contributed by atoms with Gasteiger partial charge in [0.05, 0.1) is 22.3 Å². The average molecular weight is 687 g/mol. The Morgan fingerprint density at radius 2 is 1.56 bits per heavy atom. The van der Waals surface area contributed by atoms with Gasteiger partial charge in [-0.2, -0.15) is 0 Å². The van der Waals surface area contributed by atoms with Crippen LogP contribution in [-0.2, 0) is 19.2 Å². The Morgan fingerprint density at radius 1 is 0.920 bits per heavy atom. The summed E-state index contributed by atoms with van der Waals surface area (Å²) < 4.78 is 0. The van der Waals surface area contributed by atoms with Crippen molar-refractivity contribution in [1.29, 1.82) is 0 Å². The highest BCUT2D eigenvalue weighted by Crippen LogP contribution is 2.34. The molecule has 0 radical (unpaired) electrons. The average Bonchev–Trinajstić information content (AvgIpc) is 3.38. The normalized spacial score (nSPS) is 20.8. The minimum atomic E-state index is -1.08. The molecule has 2 aromatic carbocycles. The zero-order valence-electron chi connectivity index (χ0n) is 28.2. The Bertz CT molecular complexity index is 1700. The molecule has 50 heavy (non-hydrogen) atoms. The number of amides is 6. The lowest BCUT2D eigenvalue weighted by atomic mass is 9.82. The summed E-state index contributed by atoms with van der Waals surface area (Å²) in [7, 11) is 2.91. The first-order valence-electron chi connectivity index (χ1n) is 16.9. The highest BCUT2D eigenvalue weighted by Gasteiger charge is 2.43. The van der Waals surface area contributed by atoms with Crippen molar-refractivity contribution in [3.05, 3.63) is 58.7 Å². The number of likely N-dealkylation sites (N-methyl/N-ethyl adjacent to an activating group) is 2. The molecule has 5 rings (SSSR count). The molecule has 4 N–H and O–H groups in total. The number of aldehydes is 2. The number of benzene rings is 2. The molecular formula is C36H42N6O8.